The van der Waals surface area contributed by atoms with E-state index in [1.54, 1.807) is 0 Å². The van der Waals surface area contributed by atoms with Crippen LogP contribution >= 0.6 is 0 Å². The number of aliphatic carboxylic acids is 1. The number of carbonyl (C=O) groups excluding carboxylic acids is 2. The summed E-state index contributed by atoms with van der Waals surface area (Å²) in [6.07, 6.45) is 17.0. The van der Waals surface area contributed by atoms with E-state index in [-0.39, 0.29) is 18.2 Å². The molecule has 2 aromatic carbocycles. The highest BCUT2D eigenvalue weighted by molar-refractivity contribution is 6.26. The molecule has 208 valence electrons. The van der Waals surface area contributed by atoms with Gasteiger partial charge in [0.1, 0.15) is 0 Å². The summed E-state index contributed by atoms with van der Waals surface area (Å²) in [7, 11) is 0. The molecule has 2 amide bonds. The maximum absolute atomic E-state index is 13.3. The van der Waals surface area contributed by atoms with Crippen molar-refractivity contribution in [3.8, 4) is 0 Å². The Labute approximate surface area is 228 Å². The molecule has 0 bridgehead atoms. The fourth-order valence-electron chi connectivity index (χ4n) is 5.42. The smallest absolute Gasteiger partial charge is 0.303 e. The average Bonchev–Trinajstić information content (AvgIpc) is 2.91. The van der Waals surface area contributed by atoms with Crippen LogP contribution < -0.4 is 5.32 Å². The van der Waals surface area contributed by atoms with Crippen LogP contribution in [-0.4, -0.2) is 40.9 Å². The standard InChI is InChI=1S/C32H46N2O4/c1-2-3-4-5-6-9-12-15-23-33-28-22-21-27-30-25(28)18-17-19-26(30)31(37)34(32(27)38)24-16-13-10-7-8-11-14-20-29(35)36/h17-19,21-22,33H,2-16,20,23-24H2,1H3,(H,35,36). The molecule has 0 spiro atoms. The van der Waals surface area contributed by atoms with Gasteiger partial charge in [0, 0.05) is 47.1 Å². The molecule has 0 aliphatic carbocycles. The van der Waals surface area contributed by atoms with Gasteiger partial charge in [-0.2, -0.15) is 0 Å². The van der Waals surface area contributed by atoms with Gasteiger partial charge in [0.2, 0.25) is 0 Å². The largest absolute Gasteiger partial charge is 0.481 e. The molecule has 0 saturated heterocycles. The minimum absolute atomic E-state index is 0.193. The fraction of sp³-hybridized carbons (Fsp3) is 0.594. The Hall–Kier alpha value is -2.89. The Kier molecular flexibility index (Phi) is 12.6. The lowest BCUT2D eigenvalue weighted by Gasteiger charge is -2.28. The zero-order chi connectivity index (χ0) is 27.2. The topological polar surface area (TPSA) is 86.7 Å². The highest BCUT2D eigenvalue weighted by Gasteiger charge is 2.32. The summed E-state index contributed by atoms with van der Waals surface area (Å²) in [4.78, 5) is 38.5. The molecule has 0 atom stereocenters. The summed E-state index contributed by atoms with van der Waals surface area (Å²) in [5.74, 6) is -1.12. The van der Waals surface area contributed by atoms with Gasteiger partial charge in [-0.15, -0.1) is 0 Å². The molecular formula is C32H46N2O4. The molecule has 0 radical (unpaired) electrons. The van der Waals surface area contributed by atoms with E-state index in [1.807, 2.05) is 30.3 Å². The molecule has 2 N–H and O–H groups in total. The number of amides is 2. The van der Waals surface area contributed by atoms with E-state index in [9.17, 15) is 14.4 Å². The third kappa shape index (κ3) is 8.57. The van der Waals surface area contributed by atoms with Crippen LogP contribution in [0.3, 0.4) is 0 Å². The minimum atomic E-state index is -0.732. The number of unbranched alkanes of at least 4 members (excludes halogenated alkanes) is 13. The van der Waals surface area contributed by atoms with Crippen molar-refractivity contribution in [3.63, 3.8) is 0 Å². The Bertz CT molecular complexity index is 1040. The molecule has 0 aromatic heterocycles. The fourth-order valence-corrected chi connectivity index (χ4v) is 5.42. The summed E-state index contributed by atoms with van der Waals surface area (Å²) < 4.78 is 0. The van der Waals surface area contributed by atoms with Crippen LogP contribution in [0.2, 0.25) is 0 Å². The summed E-state index contributed by atoms with van der Waals surface area (Å²) in [5.41, 5.74) is 2.23. The number of rotatable bonds is 20. The number of carboxylic acids is 1. The predicted octanol–water partition coefficient (Wildman–Crippen LogP) is 8.19. The van der Waals surface area contributed by atoms with E-state index in [1.165, 1.54) is 49.8 Å². The molecular weight excluding hydrogens is 476 g/mol. The minimum Gasteiger partial charge on any atom is -0.481 e. The van der Waals surface area contributed by atoms with Crippen LogP contribution in [0, 0.1) is 0 Å². The molecule has 0 fully saturated rings. The molecule has 1 aliphatic heterocycles. The van der Waals surface area contributed by atoms with E-state index in [4.69, 9.17) is 5.11 Å². The van der Waals surface area contributed by atoms with Crippen molar-refractivity contribution in [2.75, 3.05) is 18.4 Å². The van der Waals surface area contributed by atoms with Crippen molar-refractivity contribution in [2.45, 2.75) is 110 Å². The number of anilines is 1. The maximum atomic E-state index is 13.3. The maximum Gasteiger partial charge on any atom is 0.303 e. The SMILES string of the molecule is CCCCCCCCCCNc1ccc2c3c(cccc13)C(=O)N(CCCCCCCCCC(=O)O)C2=O. The lowest BCUT2D eigenvalue weighted by molar-refractivity contribution is -0.137. The molecule has 1 aliphatic rings. The number of hydrogen-bond acceptors (Lipinski definition) is 4. The monoisotopic (exact) mass is 522 g/mol. The van der Waals surface area contributed by atoms with Gasteiger partial charge in [0.25, 0.3) is 11.8 Å². The zero-order valence-corrected chi connectivity index (χ0v) is 23.2. The van der Waals surface area contributed by atoms with Crippen molar-refractivity contribution in [2.24, 2.45) is 0 Å². The van der Waals surface area contributed by atoms with Gasteiger partial charge in [-0.05, 0) is 37.5 Å². The third-order valence-electron chi connectivity index (χ3n) is 7.61. The Morgan fingerprint density at radius 1 is 0.737 bits per heavy atom. The summed E-state index contributed by atoms with van der Waals surface area (Å²) >= 11 is 0. The number of nitrogens with one attached hydrogen (secondary N) is 1. The Balaban J connectivity index is 1.48. The first kappa shape index (κ1) is 29.7. The van der Waals surface area contributed by atoms with Crippen molar-refractivity contribution in [1.29, 1.82) is 0 Å². The van der Waals surface area contributed by atoms with E-state index in [0.717, 1.165) is 74.4 Å². The van der Waals surface area contributed by atoms with E-state index in [2.05, 4.69) is 12.2 Å². The van der Waals surface area contributed by atoms with E-state index < -0.39 is 5.97 Å². The Morgan fingerprint density at radius 2 is 1.32 bits per heavy atom. The number of carbonyl (C=O) groups is 3. The van der Waals surface area contributed by atoms with Crippen molar-refractivity contribution in [1.82, 2.24) is 4.90 Å². The van der Waals surface area contributed by atoms with E-state index in [0.29, 0.717) is 17.7 Å². The van der Waals surface area contributed by atoms with Crippen molar-refractivity contribution >= 4 is 34.2 Å². The zero-order valence-electron chi connectivity index (χ0n) is 23.2. The molecule has 1 heterocycles. The summed E-state index contributed by atoms with van der Waals surface area (Å²) in [5, 5.41) is 14.0. The lowest BCUT2D eigenvalue weighted by atomic mass is 9.92. The van der Waals surface area contributed by atoms with Crippen molar-refractivity contribution < 1.29 is 19.5 Å². The predicted molar refractivity (Wildman–Crippen MR) is 155 cm³/mol. The average molecular weight is 523 g/mol. The molecule has 6 heteroatoms. The Morgan fingerprint density at radius 3 is 1.97 bits per heavy atom. The van der Waals surface area contributed by atoms with Gasteiger partial charge in [0.05, 0.1) is 0 Å². The van der Waals surface area contributed by atoms with Gasteiger partial charge in [-0.1, -0.05) is 96.1 Å². The van der Waals surface area contributed by atoms with Gasteiger partial charge in [-0.25, -0.2) is 0 Å². The highest BCUT2D eigenvalue weighted by Crippen LogP contribution is 2.34. The highest BCUT2D eigenvalue weighted by atomic mass is 16.4. The summed E-state index contributed by atoms with van der Waals surface area (Å²) in [6, 6.07) is 9.63. The molecule has 38 heavy (non-hydrogen) atoms. The second kappa shape index (κ2) is 16.2. The lowest BCUT2D eigenvalue weighted by Crippen LogP contribution is -2.40. The number of carboxylic acid groups (broad SMARTS) is 1. The second-order valence-corrected chi connectivity index (χ2v) is 10.7. The number of nitrogens with zero attached hydrogens (tertiary/aromatic N) is 1. The van der Waals surface area contributed by atoms with Crippen molar-refractivity contribution in [3.05, 3.63) is 41.5 Å². The second-order valence-electron chi connectivity index (χ2n) is 10.7. The van der Waals surface area contributed by atoms with Crippen LogP contribution in [0.1, 0.15) is 130 Å². The molecule has 3 rings (SSSR count). The summed E-state index contributed by atoms with van der Waals surface area (Å²) in [6.45, 7) is 3.57. The first-order valence-electron chi connectivity index (χ1n) is 14.9. The van der Waals surface area contributed by atoms with Gasteiger partial charge < -0.3 is 10.4 Å². The van der Waals surface area contributed by atoms with Crippen LogP contribution in [0.15, 0.2) is 30.3 Å². The number of hydrogen-bond donors (Lipinski definition) is 2. The van der Waals surface area contributed by atoms with Crippen LogP contribution in [-0.2, 0) is 4.79 Å². The van der Waals surface area contributed by atoms with Gasteiger partial charge in [-0.3, -0.25) is 19.3 Å². The molecule has 2 aromatic rings. The van der Waals surface area contributed by atoms with Gasteiger partial charge >= 0.3 is 5.97 Å². The van der Waals surface area contributed by atoms with Crippen LogP contribution in [0.4, 0.5) is 5.69 Å². The normalized spacial score (nSPS) is 12.9. The van der Waals surface area contributed by atoms with Crippen LogP contribution in [0.5, 0.6) is 0 Å². The van der Waals surface area contributed by atoms with Gasteiger partial charge in [0.15, 0.2) is 0 Å². The number of imide groups is 1. The van der Waals surface area contributed by atoms with Crippen LogP contribution in [0.25, 0.3) is 10.8 Å². The molecule has 0 unspecified atom stereocenters. The first-order chi connectivity index (χ1) is 18.5. The number of benzene rings is 2. The quantitative estimate of drug-likeness (QED) is 0.135. The first-order valence-corrected chi connectivity index (χ1v) is 14.9. The molecule has 6 nitrogen and oxygen atoms in total. The molecule has 0 saturated carbocycles. The van der Waals surface area contributed by atoms with E-state index >= 15 is 0 Å². The third-order valence-corrected chi connectivity index (χ3v) is 7.61.